The fraction of sp³-hybridized carbons (Fsp3) is 0.667. The third-order valence-corrected chi connectivity index (χ3v) is 1.33. The maximum Gasteiger partial charge on any atom is 0.139 e. The Balaban J connectivity index is 3.78. The molecule has 0 unspecified atom stereocenters. The van der Waals surface area contributed by atoms with Gasteiger partial charge in [0.15, 0.2) is 0 Å². The summed E-state index contributed by atoms with van der Waals surface area (Å²) in [5.74, 6) is 2.69. The highest BCUT2D eigenvalue weighted by molar-refractivity contribution is 5.83. The molecule has 0 radical (unpaired) electrons. The molecule has 0 atom stereocenters. The van der Waals surface area contributed by atoms with Crippen molar-refractivity contribution in [2.45, 2.75) is 33.6 Å². The Morgan fingerprint density at radius 2 is 2.00 bits per heavy atom. The molecule has 0 aromatic carbocycles. The van der Waals surface area contributed by atoms with Crippen LogP contribution in [0.5, 0.6) is 0 Å². The lowest BCUT2D eigenvalue weighted by atomic mass is 9.88. The molecule has 0 aliphatic heterocycles. The Morgan fingerprint density at radius 1 is 1.50 bits per heavy atom. The van der Waals surface area contributed by atoms with Gasteiger partial charge in [0.2, 0.25) is 0 Å². The fourth-order valence-electron chi connectivity index (χ4n) is 0.561. The average Bonchev–Trinajstić information content (AvgIpc) is 1.80. The van der Waals surface area contributed by atoms with Crippen LogP contribution in [-0.4, -0.2) is 5.78 Å². The second-order valence-corrected chi connectivity index (χ2v) is 3.38. The van der Waals surface area contributed by atoms with Gasteiger partial charge in [0.25, 0.3) is 0 Å². The van der Waals surface area contributed by atoms with Crippen molar-refractivity contribution in [1.29, 1.82) is 0 Å². The van der Waals surface area contributed by atoms with Crippen LogP contribution in [0.3, 0.4) is 0 Å². The zero-order chi connectivity index (χ0) is 8.20. The summed E-state index contributed by atoms with van der Waals surface area (Å²) in [6, 6.07) is 0. The van der Waals surface area contributed by atoms with E-state index in [4.69, 9.17) is 6.42 Å². The molecule has 0 saturated heterocycles. The Bertz CT molecular complexity index is 155. The lowest BCUT2D eigenvalue weighted by Crippen LogP contribution is -2.19. The normalized spacial score (nSPS) is 10.6. The van der Waals surface area contributed by atoms with E-state index >= 15 is 0 Å². The first-order chi connectivity index (χ1) is 4.48. The molecule has 0 N–H and O–H groups in total. The molecule has 0 aliphatic carbocycles. The number of hydrogen-bond acceptors (Lipinski definition) is 1. The van der Waals surface area contributed by atoms with Gasteiger partial charge in [0, 0.05) is 18.3 Å². The van der Waals surface area contributed by atoms with E-state index in [0.29, 0.717) is 12.8 Å². The number of carbonyl (C=O) groups excluding carboxylic acids is 1. The van der Waals surface area contributed by atoms with Gasteiger partial charge < -0.3 is 0 Å². The Labute approximate surface area is 62.8 Å². The Morgan fingerprint density at radius 3 is 2.30 bits per heavy atom. The van der Waals surface area contributed by atoms with E-state index in [1.165, 1.54) is 0 Å². The SMILES string of the molecule is C#CCCC(=O)C(C)(C)C. The molecule has 10 heavy (non-hydrogen) atoms. The molecule has 0 heterocycles. The zero-order valence-electron chi connectivity index (χ0n) is 6.90. The quantitative estimate of drug-likeness (QED) is 0.533. The minimum atomic E-state index is -0.225. The van der Waals surface area contributed by atoms with Gasteiger partial charge in [0.05, 0.1) is 0 Å². The van der Waals surface area contributed by atoms with Crippen LogP contribution < -0.4 is 0 Å². The minimum absolute atomic E-state index is 0.225. The minimum Gasteiger partial charge on any atom is -0.299 e. The summed E-state index contributed by atoms with van der Waals surface area (Å²) in [7, 11) is 0. The van der Waals surface area contributed by atoms with Crippen molar-refractivity contribution >= 4 is 5.78 Å². The predicted octanol–water partition coefficient (Wildman–Crippen LogP) is 2.01. The lowest BCUT2D eigenvalue weighted by Gasteiger charge is -2.14. The van der Waals surface area contributed by atoms with Crippen LogP contribution in [0.4, 0.5) is 0 Å². The molecule has 56 valence electrons. The molecule has 0 bridgehead atoms. The van der Waals surface area contributed by atoms with Crippen molar-refractivity contribution in [3.05, 3.63) is 0 Å². The van der Waals surface area contributed by atoms with Crippen molar-refractivity contribution in [3.63, 3.8) is 0 Å². The maximum absolute atomic E-state index is 11.1. The van der Waals surface area contributed by atoms with Gasteiger partial charge in [-0.05, 0) is 0 Å². The fourth-order valence-corrected chi connectivity index (χ4v) is 0.561. The first-order valence-corrected chi connectivity index (χ1v) is 3.45. The van der Waals surface area contributed by atoms with Gasteiger partial charge >= 0.3 is 0 Å². The summed E-state index contributed by atoms with van der Waals surface area (Å²) in [6.07, 6.45) is 6.10. The number of hydrogen-bond donors (Lipinski definition) is 0. The number of ketones is 1. The number of terminal acetylenes is 1. The van der Waals surface area contributed by atoms with Crippen molar-refractivity contribution < 1.29 is 4.79 Å². The lowest BCUT2D eigenvalue weighted by molar-refractivity contribution is -0.126. The largest absolute Gasteiger partial charge is 0.299 e. The van der Waals surface area contributed by atoms with Gasteiger partial charge in [-0.3, -0.25) is 4.79 Å². The van der Waals surface area contributed by atoms with Gasteiger partial charge in [-0.1, -0.05) is 20.8 Å². The first kappa shape index (κ1) is 9.23. The van der Waals surface area contributed by atoms with E-state index in [2.05, 4.69) is 5.92 Å². The summed E-state index contributed by atoms with van der Waals surface area (Å²) in [6.45, 7) is 5.73. The highest BCUT2D eigenvalue weighted by Gasteiger charge is 2.19. The first-order valence-electron chi connectivity index (χ1n) is 3.45. The summed E-state index contributed by atoms with van der Waals surface area (Å²) < 4.78 is 0. The molecule has 0 aromatic heterocycles. The topological polar surface area (TPSA) is 17.1 Å². The molecular weight excluding hydrogens is 124 g/mol. The smallest absolute Gasteiger partial charge is 0.139 e. The Kier molecular flexibility index (Phi) is 3.15. The van der Waals surface area contributed by atoms with E-state index in [1.54, 1.807) is 0 Å². The highest BCUT2D eigenvalue weighted by Crippen LogP contribution is 2.16. The molecule has 1 nitrogen and oxygen atoms in total. The molecule has 0 amide bonds. The van der Waals surface area contributed by atoms with Crippen LogP contribution in [0.15, 0.2) is 0 Å². The van der Waals surface area contributed by atoms with Gasteiger partial charge in [-0.15, -0.1) is 12.3 Å². The molecule has 0 spiro atoms. The Hall–Kier alpha value is -0.770. The number of carbonyl (C=O) groups is 1. The third kappa shape index (κ3) is 3.29. The van der Waals surface area contributed by atoms with Crippen LogP contribution in [0.1, 0.15) is 33.6 Å². The number of rotatable bonds is 2. The average molecular weight is 138 g/mol. The molecule has 0 rings (SSSR count). The van der Waals surface area contributed by atoms with E-state index in [-0.39, 0.29) is 11.2 Å². The predicted molar refractivity (Wildman–Crippen MR) is 42.5 cm³/mol. The summed E-state index contributed by atoms with van der Waals surface area (Å²) in [5.41, 5.74) is -0.225. The summed E-state index contributed by atoms with van der Waals surface area (Å²) >= 11 is 0. The molecule has 0 fully saturated rings. The van der Waals surface area contributed by atoms with Crippen LogP contribution in [0.2, 0.25) is 0 Å². The van der Waals surface area contributed by atoms with Gasteiger partial charge in [0.1, 0.15) is 5.78 Å². The van der Waals surface area contributed by atoms with E-state index in [0.717, 1.165) is 0 Å². The van der Waals surface area contributed by atoms with Gasteiger partial charge in [-0.2, -0.15) is 0 Å². The summed E-state index contributed by atoms with van der Waals surface area (Å²) in [4.78, 5) is 11.1. The molecular formula is C9H14O. The standard InChI is InChI=1S/C9H14O/c1-5-6-7-8(10)9(2,3)4/h1H,6-7H2,2-4H3. The van der Waals surface area contributed by atoms with Crippen LogP contribution in [-0.2, 0) is 4.79 Å². The molecule has 1 heteroatoms. The van der Waals surface area contributed by atoms with E-state index < -0.39 is 0 Å². The highest BCUT2D eigenvalue weighted by atomic mass is 16.1. The van der Waals surface area contributed by atoms with Gasteiger partial charge in [-0.25, -0.2) is 0 Å². The zero-order valence-corrected chi connectivity index (χ0v) is 6.90. The van der Waals surface area contributed by atoms with Crippen LogP contribution in [0.25, 0.3) is 0 Å². The van der Waals surface area contributed by atoms with Crippen molar-refractivity contribution in [3.8, 4) is 12.3 Å². The third-order valence-electron chi connectivity index (χ3n) is 1.33. The van der Waals surface area contributed by atoms with Crippen molar-refractivity contribution in [1.82, 2.24) is 0 Å². The maximum atomic E-state index is 11.1. The summed E-state index contributed by atoms with van der Waals surface area (Å²) in [5, 5.41) is 0. The van der Waals surface area contributed by atoms with Crippen LogP contribution in [0, 0.1) is 17.8 Å². The van der Waals surface area contributed by atoms with E-state index in [1.807, 2.05) is 20.8 Å². The molecule has 0 aliphatic rings. The second-order valence-electron chi connectivity index (χ2n) is 3.38. The van der Waals surface area contributed by atoms with Crippen molar-refractivity contribution in [2.75, 3.05) is 0 Å². The van der Waals surface area contributed by atoms with E-state index in [9.17, 15) is 4.79 Å². The second kappa shape index (κ2) is 3.41. The van der Waals surface area contributed by atoms with Crippen molar-refractivity contribution in [2.24, 2.45) is 5.41 Å². The monoisotopic (exact) mass is 138 g/mol. The molecule has 0 saturated carbocycles. The van der Waals surface area contributed by atoms with Crippen LogP contribution >= 0.6 is 0 Å². The molecule has 0 aromatic rings. The number of Topliss-reactive ketones (excluding diaryl/α,β-unsaturated/α-hetero) is 1.